The van der Waals surface area contributed by atoms with E-state index >= 15 is 0 Å². The van der Waals surface area contributed by atoms with Gasteiger partial charge in [0.25, 0.3) is 5.91 Å². The molecule has 1 fully saturated rings. The Kier molecular flexibility index (Phi) is 7.40. The number of halogens is 4. The van der Waals surface area contributed by atoms with E-state index in [2.05, 4.69) is 10.1 Å². The molecule has 31 heavy (non-hydrogen) atoms. The van der Waals surface area contributed by atoms with E-state index < -0.39 is 12.4 Å². The minimum Gasteiger partial charge on any atom is -0.433 e. The van der Waals surface area contributed by atoms with E-state index in [1.807, 2.05) is 4.90 Å². The molecule has 0 unspecified atom stereocenters. The molecule has 0 bridgehead atoms. The molecule has 1 aliphatic heterocycles. The van der Waals surface area contributed by atoms with Gasteiger partial charge < -0.3 is 15.0 Å². The first kappa shape index (κ1) is 22.9. The fourth-order valence-corrected chi connectivity index (χ4v) is 3.42. The van der Waals surface area contributed by atoms with Crippen molar-refractivity contribution < 1.29 is 27.5 Å². The summed E-state index contributed by atoms with van der Waals surface area (Å²) in [7, 11) is 0. The van der Waals surface area contributed by atoms with E-state index in [4.69, 9.17) is 11.6 Å². The van der Waals surface area contributed by atoms with Crippen LogP contribution in [0.5, 0.6) is 5.75 Å². The van der Waals surface area contributed by atoms with E-state index in [1.165, 1.54) is 24.3 Å². The van der Waals surface area contributed by atoms with Crippen molar-refractivity contribution in [2.75, 3.05) is 38.0 Å². The lowest BCUT2D eigenvalue weighted by Crippen LogP contribution is -2.50. The molecule has 2 amide bonds. The molecule has 1 aliphatic rings. The number of aryl methyl sites for hydroxylation is 1. The Balaban J connectivity index is 1.49. The highest BCUT2D eigenvalue weighted by Gasteiger charge is 2.24. The Labute approximate surface area is 182 Å². The van der Waals surface area contributed by atoms with Crippen LogP contribution in [0.2, 0.25) is 5.02 Å². The molecule has 6 nitrogen and oxygen atoms in total. The number of rotatable bonds is 6. The second-order valence-electron chi connectivity index (χ2n) is 7.10. The predicted molar refractivity (Wildman–Crippen MR) is 110 cm³/mol. The van der Waals surface area contributed by atoms with Crippen molar-refractivity contribution in [2.24, 2.45) is 0 Å². The number of carbonyl (C=O) groups excluding carboxylic acids is 2. The van der Waals surface area contributed by atoms with Crippen LogP contribution in [0.25, 0.3) is 0 Å². The van der Waals surface area contributed by atoms with Crippen LogP contribution in [0.15, 0.2) is 36.4 Å². The third kappa shape index (κ3) is 6.11. The molecule has 1 N–H and O–H groups in total. The number of alkyl halides is 2. The topological polar surface area (TPSA) is 61.9 Å². The first-order chi connectivity index (χ1) is 14.7. The number of anilines is 1. The molecule has 0 radical (unpaired) electrons. The summed E-state index contributed by atoms with van der Waals surface area (Å²) in [5.74, 6) is -1.15. The monoisotopic (exact) mass is 455 g/mol. The number of nitrogens with zero attached hydrogens (tertiary/aromatic N) is 2. The number of hydrogen-bond donors (Lipinski definition) is 1. The van der Waals surface area contributed by atoms with Crippen LogP contribution >= 0.6 is 11.6 Å². The zero-order chi connectivity index (χ0) is 22.5. The van der Waals surface area contributed by atoms with Crippen molar-refractivity contribution in [1.29, 1.82) is 0 Å². The average Bonchev–Trinajstić information content (AvgIpc) is 2.72. The van der Waals surface area contributed by atoms with E-state index in [0.717, 1.165) is 0 Å². The molecule has 166 valence electrons. The number of amides is 2. The highest BCUT2D eigenvalue weighted by atomic mass is 35.5. The van der Waals surface area contributed by atoms with E-state index in [0.29, 0.717) is 43.0 Å². The van der Waals surface area contributed by atoms with Gasteiger partial charge in [0.05, 0.1) is 11.6 Å². The van der Waals surface area contributed by atoms with Gasteiger partial charge in [0, 0.05) is 37.4 Å². The quantitative estimate of drug-likeness (QED) is 0.720. The number of piperazine rings is 1. The standard InChI is InChI=1S/C21H21ClF3N3O3/c1-13-2-3-14(10-17(13)23)20(30)28-8-6-27(7-9-28)12-19(29)26-15-4-5-18(16(22)11-15)31-21(24)25/h2-5,10-11,21H,6-9,12H2,1H3,(H,26,29). The second-order valence-corrected chi connectivity index (χ2v) is 7.51. The SMILES string of the molecule is Cc1ccc(C(=O)N2CCN(CC(=O)Nc3ccc(OC(F)F)c(Cl)c3)CC2)cc1F. The van der Waals surface area contributed by atoms with Crippen molar-refractivity contribution in [3.63, 3.8) is 0 Å². The fourth-order valence-electron chi connectivity index (χ4n) is 3.19. The van der Waals surface area contributed by atoms with Crippen LogP contribution < -0.4 is 10.1 Å². The minimum absolute atomic E-state index is 0.0437. The third-order valence-electron chi connectivity index (χ3n) is 4.88. The summed E-state index contributed by atoms with van der Waals surface area (Å²) < 4.78 is 42.5. The van der Waals surface area contributed by atoms with Crippen LogP contribution in [0, 0.1) is 12.7 Å². The van der Waals surface area contributed by atoms with Crippen molar-refractivity contribution >= 4 is 29.1 Å². The molecule has 10 heteroatoms. The van der Waals surface area contributed by atoms with Crippen LogP contribution in [-0.2, 0) is 4.79 Å². The van der Waals surface area contributed by atoms with Gasteiger partial charge in [0.2, 0.25) is 5.91 Å². The Morgan fingerprint density at radius 3 is 2.45 bits per heavy atom. The molecule has 0 atom stereocenters. The van der Waals surface area contributed by atoms with E-state index in [-0.39, 0.29) is 29.1 Å². The fraction of sp³-hybridized carbons (Fsp3) is 0.333. The van der Waals surface area contributed by atoms with Gasteiger partial charge in [-0.05, 0) is 42.8 Å². The van der Waals surface area contributed by atoms with Gasteiger partial charge in [-0.25, -0.2) is 4.39 Å². The molecular formula is C21H21ClF3N3O3. The molecule has 0 aromatic heterocycles. The summed E-state index contributed by atoms with van der Waals surface area (Å²) in [6, 6.07) is 8.40. The predicted octanol–water partition coefficient (Wildman–Crippen LogP) is 3.79. The van der Waals surface area contributed by atoms with Gasteiger partial charge >= 0.3 is 6.61 Å². The summed E-state index contributed by atoms with van der Waals surface area (Å²) in [5.41, 5.74) is 1.13. The Bertz CT molecular complexity index is 966. The number of benzene rings is 2. The first-order valence-corrected chi connectivity index (χ1v) is 9.92. The third-order valence-corrected chi connectivity index (χ3v) is 5.17. The van der Waals surface area contributed by atoms with Crippen molar-refractivity contribution in [2.45, 2.75) is 13.5 Å². The lowest BCUT2D eigenvalue weighted by atomic mass is 10.1. The van der Waals surface area contributed by atoms with Crippen molar-refractivity contribution in [3.8, 4) is 5.75 Å². The lowest BCUT2D eigenvalue weighted by Gasteiger charge is -2.34. The maximum Gasteiger partial charge on any atom is 0.387 e. The highest BCUT2D eigenvalue weighted by Crippen LogP contribution is 2.29. The summed E-state index contributed by atoms with van der Waals surface area (Å²) in [5, 5.41) is 2.61. The van der Waals surface area contributed by atoms with Gasteiger partial charge in [-0.15, -0.1) is 0 Å². The molecule has 1 saturated heterocycles. The summed E-state index contributed by atoms with van der Waals surface area (Å²) in [6.07, 6.45) is 0. The van der Waals surface area contributed by atoms with E-state index in [9.17, 15) is 22.8 Å². The summed E-state index contributed by atoms with van der Waals surface area (Å²) in [6.45, 7) is 0.514. The number of nitrogens with one attached hydrogen (secondary N) is 1. The molecule has 0 aliphatic carbocycles. The van der Waals surface area contributed by atoms with Gasteiger partial charge in [0.1, 0.15) is 11.6 Å². The van der Waals surface area contributed by atoms with Crippen LogP contribution in [-0.4, -0.2) is 60.9 Å². The van der Waals surface area contributed by atoms with Gasteiger partial charge in [0.15, 0.2) is 0 Å². The highest BCUT2D eigenvalue weighted by molar-refractivity contribution is 6.32. The maximum atomic E-state index is 13.7. The van der Waals surface area contributed by atoms with Gasteiger partial charge in [-0.1, -0.05) is 17.7 Å². The molecule has 0 spiro atoms. The minimum atomic E-state index is -2.99. The van der Waals surface area contributed by atoms with Crippen molar-refractivity contribution in [3.05, 3.63) is 58.4 Å². The van der Waals surface area contributed by atoms with Gasteiger partial charge in [-0.2, -0.15) is 8.78 Å². The number of hydrogen-bond acceptors (Lipinski definition) is 4. The molecule has 3 rings (SSSR count). The second kappa shape index (κ2) is 10.0. The molecule has 0 saturated carbocycles. The summed E-state index contributed by atoms with van der Waals surface area (Å²) in [4.78, 5) is 28.3. The average molecular weight is 456 g/mol. The smallest absolute Gasteiger partial charge is 0.387 e. The number of carbonyl (C=O) groups is 2. The normalized spacial score (nSPS) is 14.6. The Hall–Kier alpha value is -2.78. The van der Waals surface area contributed by atoms with Gasteiger partial charge in [-0.3, -0.25) is 14.5 Å². The maximum absolute atomic E-state index is 13.7. The molecule has 2 aromatic rings. The Morgan fingerprint density at radius 1 is 1.13 bits per heavy atom. The molecule has 1 heterocycles. The first-order valence-electron chi connectivity index (χ1n) is 9.55. The van der Waals surface area contributed by atoms with Crippen LogP contribution in [0.1, 0.15) is 15.9 Å². The molecule has 2 aromatic carbocycles. The summed E-state index contributed by atoms with van der Waals surface area (Å²) >= 11 is 5.88. The van der Waals surface area contributed by atoms with Crippen LogP contribution in [0.3, 0.4) is 0 Å². The van der Waals surface area contributed by atoms with Crippen molar-refractivity contribution in [1.82, 2.24) is 9.80 Å². The largest absolute Gasteiger partial charge is 0.433 e. The van der Waals surface area contributed by atoms with E-state index in [1.54, 1.807) is 24.0 Å². The molecular weight excluding hydrogens is 435 g/mol. The number of ether oxygens (including phenoxy) is 1. The van der Waals surface area contributed by atoms with Crippen LogP contribution in [0.4, 0.5) is 18.9 Å². The zero-order valence-corrected chi connectivity index (χ0v) is 17.5. The lowest BCUT2D eigenvalue weighted by molar-refractivity contribution is -0.117. The Morgan fingerprint density at radius 2 is 1.84 bits per heavy atom. The zero-order valence-electron chi connectivity index (χ0n) is 16.7.